The monoisotopic (exact) mass is 972 g/mol. The van der Waals surface area contributed by atoms with Crippen molar-refractivity contribution >= 4 is 0 Å². The molecular formula is C60N18. The van der Waals surface area contributed by atoms with Gasteiger partial charge in [0.1, 0.15) is 0 Å². The van der Waals surface area contributed by atoms with Gasteiger partial charge in [-0.1, -0.05) is 42.5 Å². The number of hydrogen-bond acceptors (Lipinski definition) is 6. The summed E-state index contributed by atoms with van der Waals surface area (Å²) in [4.78, 5) is 14.5. The smallest absolute Gasteiger partial charge is 0.0640 e. The van der Waals surface area contributed by atoms with E-state index in [0.29, 0.717) is 0 Å². The SMILES string of the molecule is [N-]=[N+]=NC(C#CC#CC#CC#CC#CC#CC#CC#CC#CC#CC#CC#CC#CC#CC#CC#CC#CC#CC#CC#CC#CC#CC#CC#CC#CC#CC#CC#CC#CC(N=[N+]=[N-])(N=[N+]=[N-])N=[N+]=[N-])(N=[N+]=[N-])N=[N+]=[N-]. The van der Waals surface area contributed by atoms with Crippen molar-refractivity contribution < 1.29 is 0 Å². The summed E-state index contributed by atoms with van der Waals surface area (Å²) >= 11 is 0. The van der Waals surface area contributed by atoms with Crippen LogP contribution in [0.25, 0.3) is 62.7 Å². The molecule has 0 rings (SSSR count). The molecule has 0 aromatic carbocycles. The van der Waals surface area contributed by atoms with Crippen LogP contribution in [0.3, 0.4) is 0 Å². The summed E-state index contributed by atoms with van der Waals surface area (Å²) in [6.07, 6.45) is 0. The maximum atomic E-state index is 8.51. The molecule has 330 valence electrons. The molecule has 0 spiro atoms. The van der Waals surface area contributed by atoms with E-state index in [0.717, 1.165) is 0 Å². The molecule has 18 heteroatoms. The Morgan fingerprint density at radius 1 is 0.141 bits per heavy atom. The van der Waals surface area contributed by atoms with Crippen LogP contribution in [0.2, 0.25) is 0 Å². The highest BCUT2D eigenvalue weighted by molar-refractivity contribution is 5.52. The predicted molar refractivity (Wildman–Crippen MR) is 286 cm³/mol. The third kappa shape index (κ3) is 40.6. The average molecular weight is 973 g/mol. The van der Waals surface area contributed by atoms with Gasteiger partial charge < -0.3 is 0 Å². The first kappa shape index (κ1) is 61.1. The van der Waals surface area contributed by atoms with Gasteiger partial charge in [0.05, 0.1) is 0 Å². The second-order valence-electron chi connectivity index (χ2n) is 9.66. The second kappa shape index (κ2) is 49.5. The molecule has 18 nitrogen and oxygen atoms in total. The van der Waals surface area contributed by atoms with Gasteiger partial charge in [-0.25, -0.2) is 0 Å². The average Bonchev–Trinajstić information content (AvgIpc) is 3.43. The molecular weight excluding hydrogens is 973 g/mol. The quantitative estimate of drug-likeness (QED) is 0.156. The van der Waals surface area contributed by atoms with E-state index in [4.69, 9.17) is 33.2 Å². The molecule has 0 saturated heterocycles. The Balaban J connectivity index is 4.77. The van der Waals surface area contributed by atoms with E-state index in [-0.39, 0.29) is 0 Å². The minimum atomic E-state index is -2.33. The Bertz CT molecular complexity index is 4520. The summed E-state index contributed by atoms with van der Waals surface area (Å²) in [5, 5.41) is 18.3. The first-order chi connectivity index (χ1) is 38.6. The summed E-state index contributed by atoms with van der Waals surface area (Å²) in [6, 6.07) is 0. The molecule has 0 aliphatic rings. The van der Waals surface area contributed by atoms with Crippen LogP contribution < -0.4 is 0 Å². The zero-order chi connectivity index (χ0) is 56.5. The van der Waals surface area contributed by atoms with Gasteiger partial charge in [0, 0.05) is 266 Å². The molecule has 0 saturated carbocycles. The lowest BCUT2D eigenvalue weighted by atomic mass is 10.4. The van der Waals surface area contributed by atoms with Crippen molar-refractivity contribution in [3.05, 3.63) is 62.7 Å². The van der Waals surface area contributed by atoms with Crippen LogP contribution in [0.15, 0.2) is 30.7 Å². The fraction of sp³-hybridized carbons (Fsp3) is 0.0333. The van der Waals surface area contributed by atoms with Gasteiger partial charge in [-0.15, -0.1) is 0 Å². The van der Waals surface area contributed by atoms with E-state index < -0.39 is 11.6 Å². The Morgan fingerprint density at radius 2 is 0.218 bits per heavy atom. The minimum Gasteiger partial charge on any atom is -0.0640 e. The highest BCUT2D eigenvalue weighted by atomic mass is 15.4. The van der Waals surface area contributed by atoms with Crippen molar-refractivity contribution in [1.82, 2.24) is 0 Å². The molecule has 0 radical (unpaired) electrons. The molecule has 0 aromatic heterocycles. The molecule has 0 aliphatic carbocycles. The topological polar surface area (TPSA) is 293 Å². The largest absolute Gasteiger partial charge is 0.266 e. The lowest BCUT2D eigenvalue weighted by Gasteiger charge is -2.05. The van der Waals surface area contributed by atoms with Crippen molar-refractivity contribution in [3.63, 3.8) is 0 Å². The summed E-state index contributed by atoms with van der Waals surface area (Å²) in [7, 11) is 0. The molecule has 0 unspecified atom stereocenters. The van der Waals surface area contributed by atoms with Crippen molar-refractivity contribution in [2.24, 2.45) is 30.7 Å². The fourth-order valence-corrected chi connectivity index (χ4v) is 2.56. The van der Waals surface area contributed by atoms with E-state index in [2.05, 4.69) is 404 Å². The van der Waals surface area contributed by atoms with Crippen LogP contribution in [0.5, 0.6) is 0 Å². The lowest BCUT2D eigenvalue weighted by Crippen LogP contribution is -2.14. The highest BCUT2D eigenvalue weighted by Gasteiger charge is 2.23. The van der Waals surface area contributed by atoms with Gasteiger partial charge in [0.15, 0.2) is 0 Å². The highest BCUT2D eigenvalue weighted by Crippen LogP contribution is 2.16. The lowest BCUT2D eigenvalue weighted by molar-refractivity contribution is 0.593. The van der Waals surface area contributed by atoms with Gasteiger partial charge in [0.25, 0.3) is 11.6 Å². The summed E-state index contributed by atoms with van der Waals surface area (Å²) in [5.41, 5.74) is 51.1. The zero-order valence-electron chi connectivity index (χ0n) is 38.0. The first-order valence-corrected chi connectivity index (χ1v) is 18.5. The van der Waals surface area contributed by atoms with Crippen LogP contribution in [0.1, 0.15) is 0 Å². The summed E-state index contributed by atoms with van der Waals surface area (Å²) < 4.78 is 0. The molecule has 0 atom stereocenters. The van der Waals surface area contributed by atoms with Gasteiger partial charge in [-0.05, 0) is 128 Å². The van der Waals surface area contributed by atoms with E-state index in [1.165, 1.54) is 0 Å². The minimum absolute atomic E-state index is 2.13. The molecule has 0 bridgehead atoms. The van der Waals surface area contributed by atoms with E-state index in [1.54, 1.807) is 0 Å². The maximum Gasteiger partial charge on any atom is 0.266 e. The van der Waals surface area contributed by atoms with Crippen molar-refractivity contribution in [2.75, 3.05) is 0 Å². The van der Waals surface area contributed by atoms with E-state index in [1.807, 2.05) is 0 Å². The third-order valence-corrected chi connectivity index (χ3v) is 5.00. The van der Waals surface area contributed by atoms with Crippen LogP contribution in [-0.2, 0) is 0 Å². The normalized spacial score (nSPS) is 6.51. The molecule has 0 aromatic rings. The second-order valence-corrected chi connectivity index (χ2v) is 9.66. The molecule has 0 heterocycles. The van der Waals surface area contributed by atoms with E-state index >= 15 is 0 Å². The van der Waals surface area contributed by atoms with Crippen molar-refractivity contribution in [1.29, 1.82) is 0 Å². The van der Waals surface area contributed by atoms with Crippen LogP contribution in [0, 0.1) is 343 Å². The molecule has 0 amide bonds. The summed E-state index contributed by atoms with van der Waals surface area (Å²) in [6.45, 7) is 0. The first-order valence-electron chi connectivity index (χ1n) is 18.5. The molecule has 78 heavy (non-hydrogen) atoms. The number of rotatable bonds is 6. The Morgan fingerprint density at radius 3 is 0.295 bits per heavy atom. The summed E-state index contributed by atoms with van der Waals surface area (Å²) in [5.74, 6) is 136. The molecule has 0 N–H and O–H groups in total. The van der Waals surface area contributed by atoms with Gasteiger partial charge in [-0.3, -0.25) is 0 Å². The standard InChI is InChI=1S/C60N18/c61-73-67-59(68-74-62,69-75-63)57-55-53-51-49-47-45-43-41-39-37-35-33-31-29-27-25-23-21-19-17-15-13-11-9-7-5-3-1-2-4-6-8-10-12-14-16-18-20-22-24-26-28-30-32-34-36-38-40-42-44-46-48-50-52-54-56-58-60(70-76-64,71-77-65)72-78-66. The Hall–Kier alpha value is -16.9. The van der Waals surface area contributed by atoms with Crippen LogP contribution >= 0.6 is 0 Å². The van der Waals surface area contributed by atoms with Gasteiger partial charge in [0.2, 0.25) is 0 Å². The molecule has 0 aliphatic heterocycles. The van der Waals surface area contributed by atoms with Gasteiger partial charge >= 0.3 is 0 Å². The third-order valence-electron chi connectivity index (χ3n) is 5.00. The Kier molecular flexibility index (Phi) is 38.8. The number of nitrogens with zero attached hydrogens (tertiary/aromatic N) is 18. The fourth-order valence-electron chi connectivity index (χ4n) is 2.56. The number of hydrogen-bond donors (Lipinski definition) is 0. The van der Waals surface area contributed by atoms with Crippen LogP contribution in [0.4, 0.5) is 0 Å². The molecule has 0 fully saturated rings. The van der Waals surface area contributed by atoms with Gasteiger partial charge in [-0.2, -0.15) is 0 Å². The Labute approximate surface area is 446 Å². The van der Waals surface area contributed by atoms with Crippen LogP contribution in [-0.4, -0.2) is 11.6 Å². The predicted octanol–water partition coefficient (Wildman–Crippen LogP) is 4.25. The van der Waals surface area contributed by atoms with E-state index in [9.17, 15) is 0 Å². The maximum absolute atomic E-state index is 8.51. The van der Waals surface area contributed by atoms with Crippen molar-refractivity contribution in [3.8, 4) is 343 Å². The zero-order valence-corrected chi connectivity index (χ0v) is 38.0. The number of azide groups is 2. The van der Waals surface area contributed by atoms with Crippen molar-refractivity contribution in [2.45, 2.75) is 11.6 Å².